The number of benzene rings is 2. The number of hydrogen-bond donors (Lipinski definition) is 2. The quantitative estimate of drug-likeness (QED) is 0.740. The first-order chi connectivity index (χ1) is 13.2. The SMILES string of the molecule is CNC1Nc2nc(C)ccc2C(c2ccc(F)cc2)=NC1c1ccccc1. The summed E-state index contributed by atoms with van der Waals surface area (Å²) in [4.78, 5) is 9.79. The number of pyridine rings is 1. The van der Waals surface area contributed by atoms with E-state index >= 15 is 0 Å². The zero-order valence-corrected chi connectivity index (χ0v) is 15.3. The number of fused-ring (bicyclic) bond motifs is 1. The Morgan fingerprint density at radius 2 is 1.70 bits per heavy atom. The van der Waals surface area contributed by atoms with Crippen LogP contribution in [0, 0.1) is 12.7 Å². The van der Waals surface area contributed by atoms with E-state index in [4.69, 9.17) is 4.99 Å². The maximum atomic E-state index is 13.5. The first-order valence-corrected chi connectivity index (χ1v) is 8.96. The van der Waals surface area contributed by atoms with E-state index in [1.54, 1.807) is 12.1 Å². The second-order valence-electron chi connectivity index (χ2n) is 6.60. The van der Waals surface area contributed by atoms with Crippen molar-refractivity contribution in [1.29, 1.82) is 0 Å². The molecule has 1 aliphatic heterocycles. The van der Waals surface area contributed by atoms with Gasteiger partial charge in [-0.25, -0.2) is 9.37 Å². The fourth-order valence-electron chi connectivity index (χ4n) is 3.35. The molecule has 0 radical (unpaired) electrons. The van der Waals surface area contributed by atoms with E-state index < -0.39 is 0 Å². The van der Waals surface area contributed by atoms with E-state index in [-0.39, 0.29) is 18.0 Å². The van der Waals surface area contributed by atoms with Gasteiger partial charge in [0.15, 0.2) is 0 Å². The summed E-state index contributed by atoms with van der Waals surface area (Å²) in [7, 11) is 1.90. The van der Waals surface area contributed by atoms with Crippen molar-refractivity contribution < 1.29 is 4.39 Å². The Kier molecular flexibility index (Phi) is 4.69. The first-order valence-electron chi connectivity index (χ1n) is 8.96. The minimum Gasteiger partial charge on any atom is -0.352 e. The van der Waals surface area contributed by atoms with Crippen molar-refractivity contribution in [3.63, 3.8) is 0 Å². The van der Waals surface area contributed by atoms with Gasteiger partial charge < -0.3 is 5.32 Å². The molecule has 2 aromatic carbocycles. The smallest absolute Gasteiger partial charge is 0.137 e. The monoisotopic (exact) mass is 360 g/mol. The van der Waals surface area contributed by atoms with Gasteiger partial charge in [0.05, 0.1) is 5.71 Å². The number of nitrogens with zero attached hydrogens (tertiary/aromatic N) is 2. The van der Waals surface area contributed by atoms with Crippen LogP contribution in [0.4, 0.5) is 10.2 Å². The lowest BCUT2D eigenvalue weighted by Crippen LogP contribution is -2.38. The standard InChI is InChI=1S/C22H21FN4/c1-14-8-13-18-19(16-9-11-17(23)12-10-16)26-20(15-6-4-3-5-7-15)22(24-2)27-21(18)25-14/h3-13,20,22,24H,1-2H3,(H,25,27). The van der Waals surface area contributed by atoms with Crippen LogP contribution in [-0.4, -0.2) is 23.9 Å². The molecule has 0 saturated heterocycles. The summed E-state index contributed by atoms with van der Waals surface area (Å²) >= 11 is 0. The molecule has 0 fully saturated rings. The lowest BCUT2D eigenvalue weighted by molar-refractivity contribution is 0.522. The molecule has 3 aromatic rings. The van der Waals surface area contributed by atoms with Crippen LogP contribution >= 0.6 is 0 Å². The average molecular weight is 360 g/mol. The van der Waals surface area contributed by atoms with Gasteiger partial charge in [-0.15, -0.1) is 0 Å². The summed E-state index contributed by atoms with van der Waals surface area (Å²) in [5.41, 5.74) is 4.59. The second-order valence-corrected chi connectivity index (χ2v) is 6.60. The molecule has 1 aromatic heterocycles. The maximum absolute atomic E-state index is 13.5. The zero-order chi connectivity index (χ0) is 18.8. The highest BCUT2D eigenvalue weighted by atomic mass is 19.1. The fraction of sp³-hybridized carbons (Fsp3) is 0.182. The van der Waals surface area contributed by atoms with Gasteiger partial charge in [0.25, 0.3) is 0 Å². The summed E-state index contributed by atoms with van der Waals surface area (Å²) in [6.45, 7) is 1.96. The molecule has 4 rings (SSSR count). The Bertz CT molecular complexity index is 967. The second kappa shape index (κ2) is 7.29. The third kappa shape index (κ3) is 3.46. The predicted molar refractivity (Wildman–Crippen MR) is 107 cm³/mol. The first kappa shape index (κ1) is 17.4. The normalized spacial score (nSPS) is 18.9. The number of rotatable bonds is 3. The molecule has 27 heavy (non-hydrogen) atoms. The van der Waals surface area contributed by atoms with Crippen LogP contribution in [0.2, 0.25) is 0 Å². The van der Waals surface area contributed by atoms with E-state index in [1.807, 2.05) is 44.3 Å². The largest absolute Gasteiger partial charge is 0.352 e. The molecule has 0 spiro atoms. The van der Waals surface area contributed by atoms with Crippen LogP contribution in [0.3, 0.4) is 0 Å². The minimum atomic E-state index is -0.263. The summed E-state index contributed by atoms with van der Waals surface area (Å²) in [6, 6.07) is 20.4. The van der Waals surface area contributed by atoms with Crippen molar-refractivity contribution in [1.82, 2.24) is 10.3 Å². The van der Waals surface area contributed by atoms with Crippen LogP contribution in [0.25, 0.3) is 0 Å². The molecule has 2 unspecified atom stereocenters. The van der Waals surface area contributed by atoms with E-state index in [2.05, 4.69) is 27.8 Å². The number of likely N-dealkylation sites (N-methyl/N-ethyl adjacent to an activating group) is 1. The van der Waals surface area contributed by atoms with Gasteiger partial charge in [-0.2, -0.15) is 0 Å². The van der Waals surface area contributed by atoms with E-state index in [0.717, 1.165) is 33.9 Å². The molecular formula is C22H21FN4. The van der Waals surface area contributed by atoms with Gasteiger partial charge >= 0.3 is 0 Å². The minimum absolute atomic E-state index is 0.126. The zero-order valence-electron chi connectivity index (χ0n) is 15.3. The molecular weight excluding hydrogens is 339 g/mol. The molecule has 5 heteroatoms. The van der Waals surface area contributed by atoms with Crippen molar-refractivity contribution in [2.75, 3.05) is 12.4 Å². The van der Waals surface area contributed by atoms with Gasteiger partial charge in [0.1, 0.15) is 23.8 Å². The van der Waals surface area contributed by atoms with E-state index in [9.17, 15) is 4.39 Å². The molecule has 2 atom stereocenters. The summed E-state index contributed by atoms with van der Waals surface area (Å²) < 4.78 is 13.5. The van der Waals surface area contributed by atoms with Gasteiger partial charge in [-0.3, -0.25) is 10.3 Å². The predicted octanol–water partition coefficient (Wildman–Crippen LogP) is 4.08. The Hall–Kier alpha value is -3.05. The molecule has 2 heterocycles. The maximum Gasteiger partial charge on any atom is 0.137 e. The van der Waals surface area contributed by atoms with Crippen LogP contribution < -0.4 is 10.6 Å². The van der Waals surface area contributed by atoms with Gasteiger partial charge in [-0.05, 0) is 55.9 Å². The van der Waals surface area contributed by atoms with Crippen LogP contribution in [0.15, 0.2) is 71.7 Å². The van der Waals surface area contributed by atoms with Crippen molar-refractivity contribution in [3.8, 4) is 0 Å². The number of aromatic nitrogens is 1. The molecule has 0 bridgehead atoms. The van der Waals surface area contributed by atoms with Gasteiger partial charge in [-0.1, -0.05) is 30.3 Å². The number of aliphatic imine (C=N–C) groups is 1. The summed E-state index contributed by atoms with van der Waals surface area (Å²) in [6.07, 6.45) is -0.126. The molecule has 136 valence electrons. The van der Waals surface area contributed by atoms with Gasteiger partial charge in [0.2, 0.25) is 0 Å². The molecule has 0 amide bonds. The molecule has 0 aliphatic carbocycles. The Morgan fingerprint density at radius 3 is 2.41 bits per heavy atom. The number of hydrogen-bond acceptors (Lipinski definition) is 4. The van der Waals surface area contributed by atoms with Crippen molar-refractivity contribution in [3.05, 3.63) is 94.9 Å². The Labute approximate surface area is 158 Å². The van der Waals surface area contributed by atoms with E-state index in [0.29, 0.717) is 0 Å². The lowest BCUT2D eigenvalue weighted by atomic mass is 10.0. The van der Waals surface area contributed by atoms with Crippen molar-refractivity contribution >= 4 is 11.5 Å². The van der Waals surface area contributed by atoms with Crippen LogP contribution in [0.1, 0.15) is 28.4 Å². The topological polar surface area (TPSA) is 49.3 Å². The summed E-state index contributed by atoms with van der Waals surface area (Å²) in [5, 5.41) is 6.81. The Morgan fingerprint density at radius 1 is 0.963 bits per heavy atom. The summed E-state index contributed by atoms with van der Waals surface area (Å²) in [5.74, 6) is 0.511. The highest BCUT2D eigenvalue weighted by molar-refractivity contribution is 6.16. The van der Waals surface area contributed by atoms with Crippen molar-refractivity contribution in [2.45, 2.75) is 19.1 Å². The van der Waals surface area contributed by atoms with Crippen LogP contribution in [0.5, 0.6) is 0 Å². The van der Waals surface area contributed by atoms with E-state index in [1.165, 1.54) is 12.1 Å². The number of anilines is 1. The molecule has 0 saturated carbocycles. The number of halogens is 1. The van der Waals surface area contributed by atoms with Crippen molar-refractivity contribution in [2.24, 2.45) is 4.99 Å². The number of aryl methyl sites for hydroxylation is 1. The molecule has 1 aliphatic rings. The average Bonchev–Trinajstić information content (AvgIpc) is 2.85. The van der Waals surface area contributed by atoms with Crippen LogP contribution in [-0.2, 0) is 0 Å². The molecule has 4 nitrogen and oxygen atoms in total. The Balaban J connectivity index is 1.92. The highest BCUT2D eigenvalue weighted by Crippen LogP contribution is 2.31. The highest BCUT2D eigenvalue weighted by Gasteiger charge is 2.28. The van der Waals surface area contributed by atoms with Gasteiger partial charge in [0, 0.05) is 16.8 Å². The fourth-order valence-corrected chi connectivity index (χ4v) is 3.35. The third-order valence-corrected chi connectivity index (χ3v) is 4.74. The third-order valence-electron chi connectivity index (χ3n) is 4.74. The molecule has 2 N–H and O–H groups in total. The lowest BCUT2D eigenvalue weighted by Gasteiger charge is -2.24. The number of nitrogens with one attached hydrogen (secondary N) is 2.